The zero-order chi connectivity index (χ0) is 28.6. The van der Waals surface area contributed by atoms with Gasteiger partial charge < -0.3 is 19.7 Å². The Bertz CT molecular complexity index is 1260. The van der Waals surface area contributed by atoms with E-state index in [0.29, 0.717) is 55.3 Å². The topological polar surface area (TPSA) is 91.4 Å². The molecule has 9 nitrogen and oxygen atoms in total. The highest BCUT2D eigenvalue weighted by Crippen LogP contribution is 2.32. The summed E-state index contributed by atoms with van der Waals surface area (Å²) in [6.45, 7) is 10.9. The first-order valence-corrected chi connectivity index (χ1v) is 13.7. The van der Waals surface area contributed by atoms with Crippen molar-refractivity contribution in [2.75, 3.05) is 53.0 Å². The van der Waals surface area contributed by atoms with Gasteiger partial charge in [0, 0.05) is 50.5 Å². The van der Waals surface area contributed by atoms with E-state index in [-0.39, 0.29) is 25.1 Å². The summed E-state index contributed by atoms with van der Waals surface area (Å²) >= 11 is 0. The Morgan fingerprint density at radius 3 is 2.42 bits per heavy atom. The van der Waals surface area contributed by atoms with Crippen molar-refractivity contribution < 1.29 is 23.9 Å². The first-order valence-electron chi connectivity index (χ1n) is 13.7. The molecule has 1 unspecified atom stereocenters. The molecule has 3 amide bonds. The van der Waals surface area contributed by atoms with Gasteiger partial charge in [0.25, 0.3) is 5.91 Å². The lowest BCUT2D eigenvalue weighted by molar-refractivity contribution is -0.139. The third-order valence-electron chi connectivity index (χ3n) is 7.24. The molecule has 0 bridgehead atoms. The number of nitrogens with one attached hydrogen (secondary N) is 1. The molecule has 1 fully saturated rings. The minimum atomic E-state index is -0.636. The molecule has 4 rings (SSSR count). The van der Waals surface area contributed by atoms with Crippen LogP contribution < -0.4 is 10.1 Å². The van der Waals surface area contributed by atoms with Crippen LogP contribution in [-0.4, -0.2) is 85.6 Å². The van der Waals surface area contributed by atoms with E-state index in [4.69, 9.17) is 9.47 Å². The molecule has 212 valence electrons. The monoisotopic (exact) mass is 546 g/mol. The normalized spacial score (nSPS) is 18.2. The lowest BCUT2D eigenvalue weighted by Crippen LogP contribution is -2.51. The van der Waals surface area contributed by atoms with Crippen molar-refractivity contribution in [3.63, 3.8) is 0 Å². The van der Waals surface area contributed by atoms with E-state index in [1.165, 1.54) is 0 Å². The molecular formula is C31H38N4O5. The van der Waals surface area contributed by atoms with Crippen molar-refractivity contribution in [2.24, 2.45) is 0 Å². The number of ether oxygens (including phenoxy) is 2. The number of esters is 1. The number of amides is 3. The van der Waals surface area contributed by atoms with Crippen molar-refractivity contribution in [1.82, 2.24) is 20.0 Å². The number of methoxy groups -OCH3 is 1. The maximum atomic E-state index is 13.4. The van der Waals surface area contributed by atoms with E-state index in [1.54, 1.807) is 49.3 Å². The first kappa shape index (κ1) is 28.9. The largest absolute Gasteiger partial charge is 0.497 e. The van der Waals surface area contributed by atoms with Crippen LogP contribution >= 0.6 is 0 Å². The Balaban J connectivity index is 1.61. The van der Waals surface area contributed by atoms with E-state index < -0.39 is 12.0 Å². The maximum absolute atomic E-state index is 13.4. The van der Waals surface area contributed by atoms with Gasteiger partial charge in [-0.2, -0.15) is 0 Å². The van der Waals surface area contributed by atoms with Crippen molar-refractivity contribution in [3.8, 4) is 5.75 Å². The van der Waals surface area contributed by atoms with Crippen LogP contribution in [0.25, 0.3) is 0 Å². The molecule has 2 aliphatic rings. The minimum Gasteiger partial charge on any atom is -0.497 e. The summed E-state index contributed by atoms with van der Waals surface area (Å²) in [5.74, 6) is 0.220. The molecule has 0 saturated carbocycles. The van der Waals surface area contributed by atoms with E-state index in [9.17, 15) is 14.4 Å². The number of carbonyl (C=O) groups is 3. The third-order valence-corrected chi connectivity index (χ3v) is 7.24. The molecule has 2 aromatic carbocycles. The summed E-state index contributed by atoms with van der Waals surface area (Å²) in [6.07, 6.45) is 2.41. The van der Waals surface area contributed by atoms with Gasteiger partial charge in [-0.25, -0.2) is 9.59 Å². The predicted molar refractivity (Wildman–Crippen MR) is 153 cm³/mol. The Morgan fingerprint density at radius 1 is 1.05 bits per heavy atom. The third kappa shape index (κ3) is 6.54. The van der Waals surface area contributed by atoms with Crippen LogP contribution in [0.1, 0.15) is 40.9 Å². The SMILES string of the molecule is C=CCN1C(=O)NC(c2ccc(C)cc2)C(C(=O)OCC)=C1CN1CCCN(C(=O)c2ccc(OC)cc2)CC1. The minimum absolute atomic E-state index is 0.0271. The second-order valence-electron chi connectivity index (χ2n) is 9.92. The van der Waals surface area contributed by atoms with Crippen molar-refractivity contribution in [2.45, 2.75) is 26.3 Å². The van der Waals surface area contributed by atoms with Crippen molar-refractivity contribution in [1.29, 1.82) is 0 Å². The molecule has 2 heterocycles. The van der Waals surface area contributed by atoms with Gasteiger partial charge in [0.2, 0.25) is 0 Å². The second kappa shape index (κ2) is 13.3. The molecule has 2 aromatic rings. The fourth-order valence-corrected chi connectivity index (χ4v) is 5.11. The van der Waals surface area contributed by atoms with E-state index >= 15 is 0 Å². The second-order valence-corrected chi connectivity index (χ2v) is 9.92. The van der Waals surface area contributed by atoms with Crippen LogP contribution in [0, 0.1) is 6.92 Å². The average Bonchev–Trinajstić information content (AvgIpc) is 3.20. The van der Waals surface area contributed by atoms with E-state index in [1.807, 2.05) is 36.1 Å². The lowest BCUT2D eigenvalue weighted by Gasteiger charge is -2.38. The van der Waals surface area contributed by atoms with Crippen LogP contribution in [0.2, 0.25) is 0 Å². The van der Waals surface area contributed by atoms with Gasteiger partial charge in [-0.1, -0.05) is 35.9 Å². The summed E-state index contributed by atoms with van der Waals surface area (Å²) in [4.78, 5) is 45.5. The molecule has 0 aromatic heterocycles. The van der Waals surface area contributed by atoms with Crippen molar-refractivity contribution >= 4 is 17.9 Å². The molecule has 40 heavy (non-hydrogen) atoms. The number of hydrogen-bond donors (Lipinski definition) is 1. The molecule has 0 radical (unpaired) electrons. The van der Waals surface area contributed by atoms with E-state index in [0.717, 1.165) is 17.5 Å². The summed E-state index contributed by atoms with van der Waals surface area (Å²) in [6, 6.07) is 14.0. The van der Waals surface area contributed by atoms with Gasteiger partial charge in [-0.3, -0.25) is 14.6 Å². The highest BCUT2D eigenvalue weighted by atomic mass is 16.5. The van der Waals surface area contributed by atoms with Gasteiger partial charge in [-0.15, -0.1) is 6.58 Å². The number of urea groups is 1. The average molecular weight is 547 g/mol. The van der Waals surface area contributed by atoms with Gasteiger partial charge in [-0.05, 0) is 50.1 Å². The quantitative estimate of drug-likeness (QED) is 0.379. The molecule has 1 saturated heterocycles. The summed E-state index contributed by atoms with van der Waals surface area (Å²) < 4.78 is 10.7. The molecule has 9 heteroatoms. The zero-order valence-corrected chi connectivity index (χ0v) is 23.5. The number of nitrogens with zero attached hydrogens (tertiary/aromatic N) is 3. The van der Waals surface area contributed by atoms with Crippen LogP contribution in [0.5, 0.6) is 5.75 Å². The number of hydrogen-bond acceptors (Lipinski definition) is 6. The molecule has 1 N–H and O–H groups in total. The van der Waals surface area contributed by atoms with Gasteiger partial charge in [0.05, 0.1) is 25.3 Å². The highest BCUT2D eigenvalue weighted by Gasteiger charge is 2.38. The molecule has 2 aliphatic heterocycles. The number of carbonyl (C=O) groups excluding carboxylic acids is 3. The maximum Gasteiger partial charge on any atom is 0.338 e. The molecule has 1 atom stereocenters. The fraction of sp³-hybridized carbons (Fsp3) is 0.387. The number of aryl methyl sites for hydroxylation is 1. The molecule has 0 spiro atoms. The van der Waals surface area contributed by atoms with Gasteiger partial charge in [0.15, 0.2) is 0 Å². The Morgan fingerprint density at radius 2 is 1.77 bits per heavy atom. The van der Waals surface area contributed by atoms with Crippen LogP contribution in [-0.2, 0) is 9.53 Å². The Labute approximate surface area is 236 Å². The zero-order valence-electron chi connectivity index (χ0n) is 23.5. The first-order chi connectivity index (χ1) is 19.4. The highest BCUT2D eigenvalue weighted by molar-refractivity contribution is 5.95. The van der Waals surface area contributed by atoms with Crippen molar-refractivity contribution in [3.05, 3.63) is 89.1 Å². The smallest absolute Gasteiger partial charge is 0.338 e. The molecular weight excluding hydrogens is 508 g/mol. The number of benzene rings is 2. The predicted octanol–water partition coefficient (Wildman–Crippen LogP) is 3.92. The Kier molecular flexibility index (Phi) is 9.60. The molecule has 0 aliphatic carbocycles. The summed E-state index contributed by atoms with van der Waals surface area (Å²) in [5, 5.41) is 3.00. The lowest BCUT2D eigenvalue weighted by atomic mass is 9.93. The summed E-state index contributed by atoms with van der Waals surface area (Å²) in [5.41, 5.74) is 3.53. The fourth-order valence-electron chi connectivity index (χ4n) is 5.11. The van der Waals surface area contributed by atoms with Crippen LogP contribution in [0.3, 0.4) is 0 Å². The van der Waals surface area contributed by atoms with Gasteiger partial charge in [0.1, 0.15) is 5.75 Å². The summed E-state index contributed by atoms with van der Waals surface area (Å²) in [7, 11) is 1.60. The van der Waals surface area contributed by atoms with Crippen LogP contribution in [0.4, 0.5) is 4.79 Å². The van der Waals surface area contributed by atoms with E-state index in [2.05, 4.69) is 16.8 Å². The van der Waals surface area contributed by atoms with Crippen LogP contribution in [0.15, 0.2) is 72.5 Å². The number of rotatable bonds is 9. The van der Waals surface area contributed by atoms with Gasteiger partial charge >= 0.3 is 12.0 Å². The standard InChI is InChI=1S/C31H38N4O5/c1-5-16-35-26(27(30(37)40-6-2)28(32-31(35)38)23-10-8-22(3)9-11-23)21-33-17-7-18-34(20-19-33)29(36)24-12-14-25(39-4)15-13-24/h5,8-15,28H,1,6-7,16-21H2,2-4H3,(H,32,38). The Hall–Kier alpha value is -4.11.